The average molecular weight is 820 g/mol. The lowest BCUT2D eigenvalue weighted by atomic mass is 9.87. The fraction of sp³-hybridized carbons (Fsp3) is 0.367. The van der Waals surface area contributed by atoms with Gasteiger partial charge in [0.1, 0.15) is 23.2 Å². The molecule has 2 unspecified atom stereocenters. The molecule has 4 fully saturated rings. The molecule has 4 aromatic carbocycles. The van der Waals surface area contributed by atoms with Crippen LogP contribution >= 0.6 is 0 Å². The quantitative estimate of drug-likeness (QED) is 0.110. The summed E-state index contributed by atoms with van der Waals surface area (Å²) in [6, 6.07) is 33.8. The second kappa shape index (κ2) is 17.5. The molecule has 9 rings (SSSR count). The highest BCUT2D eigenvalue weighted by Crippen LogP contribution is 2.34. The Bertz CT molecular complexity index is 2170. The van der Waals surface area contributed by atoms with E-state index in [0.29, 0.717) is 61.8 Å². The smallest absolute Gasteiger partial charge is 0.247 e. The lowest BCUT2D eigenvalue weighted by Crippen LogP contribution is -2.58. The van der Waals surface area contributed by atoms with Crippen LogP contribution in [-0.2, 0) is 32.0 Å². The number of anilines is 2. The van der Waals surface area contributed by atoms with Gasteiger partial charge >= 0.3 is 0 Å². The topological polar surface area (TPSA) is 149 Å². The van der Waals surface area contributed by atoms with Gasteiger partial charge in [0.15, 0.2) is 5.76 Å². The molecule has 4 N–H and O–H groups in total. The number of hydrogen-bond donors (Lipinski definition) is 4. The molecule has 0 aliphatic carbocycles. The van der Waals surface area contributed by atoms with Crippen LogP contribution < -0.4 is 21.3 Å². The van der Waals surface area contributed by atoms with Gasteiger partial charge in [-0.1, -0.05) is 60.7 Å². The summed E-state index contributed by atoms with van der Waals surface area (Å²) in [5, 5.41) is 13.1. The summed E-state index contributed by atoms with van der Waals surface area (Å²) in [7, 11) is 0. The van der Waals surface area contributed by atoms with Gasteiger partial charge in [-0.05, 0) is 137 Å². The fourth-order valence-electron chi connectivity index (χ4n) is 9.84. The molecule has 12 heteroatoms. The molecule has 0 bridgehead atoms. The van der Waals surface area contributed by atoms with Gasteiger partial charge in [0.25, 0.3) is 0 Å². The highest BCUT2D eigenvalue weighted by atomic mass is 16.4. The van der Waals surface area contributed by atoms with Crippen molar-refractivity contribution in [2.24, 2.45) is 0 Å². The zero-order valence-electron chi connectivity index (χ0n) is 34.4. The van der Waals surface area contributed by atoms with Crippen molar-refractivity contribution in [2.45, 2.75) is 87.4 Å². The number of amides is 4. The normalized spacial score (nSPS) is 23.6. The van der Waals surface area contributed by atoms with E-state index in [1.807, 2.05) is 84.9 Å². The van der Waals surface area contributed by atoms with E-state index in [9.17, 15) is 19.2 Å². The molecular formula is C49H53N7O5. The van der Waals surface area contributed by atoms with Crippen LogP contribution in [0.15, 0.2) is 120 Å². The Hall–Kier alpha value is -6.11. The van der Waals surface area contributed by atoms with Crippen molar-refractivity contribution in [3.63, 3.8) is 0 Å². The van der Waals surface area contributed by atoms with Crippen molar-refractivity contribution in [3.8, 4) is 22.8 Å². The van der Waals surface area contributed by atoms with E-state index in [-0.39, 0.29) is 23.6 Å². The summed E-state index contributed by atoms with van der Waals surface area (Å²) in [6.45, 7) is 2.70. The Labute approximate surface area is 356 Å². The molecule has 4 atom stereocenters. The molecule has 1 aromatic heterocycles. The molecule has 0 radical (unpaired) electrons. The predicted octanol–water partition coefficient (Wildman–Crippen LogP) is 6.60. The molecule has 4 aliphatic heterocycles. The van der Waals surface area contributed by atoms with E-state index in [4.69, 9.17) is 4.42 Å². The molecule has 12 nitrogen and oxygen atoms in total. The molecule has 4 aliphatic rings. The maximum absolute atomic E-state index is 14.1. The Morgan fingerprint density at radius 3 is 1.51 bits per heavy atom. The van der Waals surface area contributed by atoms with Gasteiger partial charge < -0.3 is 35.5 Å². The Balaban J connectivity index is 0.801. The first-order valence-electron chi connectivity index (χ1n) is 21.8. The van der Waals surface area contributed by atoms with Crippen molar-refractivity contribution in [1.29, 1.82) is 0 Å². The minimum Gasteiger partial charge on any atom is -0.436 e. The van der Waals surface area contributed by atoms with E-state index >= 15 is 0 Å². The number of nitrogens with zero attached hydrogens (tertiary/aromatic N) is 3. The van der Waals surface area contributed by atoms with Crippen molar-refractivity contribution in [1.82, 2.24) is 25.4 Å². The van der Waals surface area contributed by atoms with Crippen LogP contribution in [-0.4, -0.2) is 87.8 Å². The van der Waals surface area contributed by atoms with Gasteiger partial charge in [-0.2, -0.15) is 0 Å². The first kappa shape index (κ1) is 40.3. The summed E-state index contributed by atoms with van der Waals surface area (Å²) >= 11 is 0. The van der Waals surface area contributed by atoms with E-state index < -0.39 is 23.2 Å². The highest BCUT2D eigenvalue weighted by Gasteiger charge is 2.49. The third-order valence-corrected chi connectivity index (χ3v) is 13.0. The fourth-order valence-corrected chi connectivity index (χ4v) is 9.84. The lowest BCUT2D eigenvalue weighted by Gasteiger charge is -2.35. The minimum absolute atomic E-state index is 0.00888. The summed E-state index contributed by atoms with van der Waals surface area (Å²) in [5.74, 6) is 0.644. The van der Waals surface area contributed by atoms with Gasteiger partial charge in [-0.25, -0.2) is 4.98 Å². The highest BCUT2D eigenvalue weighted by molar-refractivity contribution is 6.00. The van der Waals surface area contributed by atoms with Crippen molar-refractivity contribution in [3.05, 3.63) is 127 Å². The molecule has 5 heterocycles. The summed E-state index contributed by atoms with van der Waals surface area (Å²) in [4.78, 5) is 63.6. The Kier molecular flexibility index (Phi) is 11.5. The minimum atomic E-state index is -0.695. The van der Waals surface area contributed by atoms with Crippen LogP contribution in [0.5, 0.6) is 0 Å². The van der Waals surface area contributed by atoms with Gasteiger partial charge in [0.2, 0.25) is 29.5 Å². The first-order chi connectivity index (χ1) is 29.8. The SMILES string of the molecule is O=C(Nc1ccc(-c2cnc(-c3ccc(NC(=O)[C@@H]4CCCN4C(=O)[C@@]4(Cc5ccccc5)CCCN4)cc3)o2)cc1)C1CCCN1C(=O)C1(Cc2ccccc2)CCCN1. The third-order valence-electron chi connectivity index (χ3n) is 13.0. The molecule has 314 valence electrons. The maximum Gasteiger partial charge on any atom is 0.247 e. The van der Waals surface area contributed by atoms with E-state index in [2.05, 4.69) is 50.5 Å². The van der Waals surface area contributed by atoms with Crippen LogP contribution in [0, 0.1) is 0 Å². The summed E-state index contributed by atoms with van der Waals surface area (Å²) in [5.41, 5.74) is 3.62. The molecule has 61 heavy (non-hydrogen) atoms. The number of carbonyl (C=O) groups is 4. The molecule has 0 saturated carbocycles. The van der Waals surface area contributed by atoms with Gasteiger partial charge in [-0.15, -0.1) is 0 Å². The lowest BCUT2D eigenvalue weighted by molar-refractivity contribution is -0.142. The van der Waals surface area contributed by atoms with E-state index in [1.54, 1.807) is 16.0 Å². The van der Waals surface area contributed by atoms with E-state index in [1.165, 1.54) is 0 Å². The number of oxazole rings is 1. The summed E-state index contributed by atoms with van der Waals surface area (Å²) < 4.78 is 6.16. The van der Waals surface area contributed by atoms with Gasteiger partial charge in [0, 0.05) is 35.6 Å². The number of likely N-dealkylation sites (tertiary alicyclic amines) is 2. The van der Waals surface area contributed by atoms with Crippen LogP contribution in [0.4, 0.5) is 11.4 Å². The van der Waals surface area contributed by atoms with Crippen molar-refractivity contribution in [2.75, 3.05) is 36.8 Å². The van der Waals surface area contributed by atoms with Gasteiger partial charge in [0.05, 0.1) is 6.20 Å². The first-order valence-corrected chi connectivity index (χ1v) is 21.8. The van der Waals surface area contributed by atoms with Gasteiger partial charge in [-0.3, -0.25) is 19.2 Å². The maximum atomic E-state index is 14.1. The number of hydrogen-bond acceptors (Lipinski definition) is 8. The van der Waals surface area contributed by atoms with Crippen molar-refractivity contribution < 1.29 is 23.6 Å². The van der Waals surface area contributed by atoms with Crippen LogP contribution in [0.3, 0.4) is 0 Å². The van der Waals surface area contributed by atoms with Crippen LogP contribution in [0.2, 0.25) is 0 Å². The zero-order chi connectivity index (χ0) is 41.8. The predicted molar refractivity (Wildman–Crippen MR) is 234 cm³/mol. The van der Waals surface area contributed by atoms with Crippen molar-refractivity contribution >= 4 is 35.0 Å². The second-order valence-corrected chi connectivity index (χ2v) is 17.0. The molecule has 4 amide bonds. The van der Waals surface area contributed by atoms with Crippen LogP contribution in [0.1, 0.15) is 62.5 Å². The Morgan fingerprint density at radius 1 is 0.607 bits per heavy atom. The second-order valence-electron chi connectivity index (χ2n) is 17.0. The number of aromatic nitrogens is 1. The largest absolute Gasteiger partial charge is 0.436 e. The van der Waals surface area contributed by atoms with Crippen LogP contribution in [0.25, 0.3) is 22.8 Å². The molecule has 4 saturated heterocycles. The summed E-state index contributed by atoms with van der Waals surface area (Å²) in [6.07, 6.45) is 9.02. The zero-order valence-corrected chi connectivity index (χ0v) is 34.4. The number of nitrogens with one attached hydrogen (secondary N) is 4. The third kappa shape index (κ3) is 8.47. The monoisotopic (exact) mass is 819 g/mol. The number of carbonyl (C=O) groups excluding carboxylic acids is 4. The molecule has 5 aromatic rings. The van der Waals surface area contributed by atoms with E-state index in [0.717, 1.165) is 73.9 Å². The molecule has 0 spiro atoms. The average Bonchev–Trinajstić information content (AvgIpc) is 4.15. The number of benzene rings is 4. The number of rotatable bonds is 12. The molecular weight excluding hydrogens is 767 g/mol. The Morgan fingerprint density at radius 2 is 1.07 bits per heavy atom. The standard InChI is InChI=1S/C49H53N7O5/c57-43(40-15-7-29-55(40)46(59)48(25-9-27-51-48)31-34-11-3-1-4-12-34)53-38-21-17-36(18-22-38)42-33-50-45(61-42)37-19-23-39(24-20-37)54-44(58)41-16-8-30-56(41)47(60)49(26-10-28-52-49)32-35-13-5-2-6-14-35/h1-6,11-14,17-24,33,40-41,51-52H,7-10,15-16,25-32H2,(H,53,57)(H,54,58)/t40?,41-,48?,49-/m0/s1.